The van der Waals surface area contributed by atoms with E-state index < -0.39 is 0 Å². The van der Waals surface area contributed by atoms with Crippen LogP contribution in [0.25, 0.3) is 0 Å². The topological polar surface area (TPSA) is 24.5 Å². The lowest BCUT2D eigenvalue weighted by atomic mass is 9.98. The van der Waals surface area contributed by atoms with E-state index in [1.54, 1.807) is 0 Å². The van der Waals surface area contributed by atoms with Crippen LogP contribution in [-0.4, -0.2) is 43.8 Å². The van der Waals surface area contributed by atoms with Gasteiger partial charge in [0.25, 0.3) is 0 Å². The van der Waals surface area contributed by atoms with Gasteiger partial charge in [-0.2, -0.15) is 0 Å². The Labute approximate surface area is 116 Å². The van der Waals surface area contributed by atoms with E-state index in [4.69, 9.17) is 4.74 Å². The molecule has 1 fully saturated rings. The number of rotatable bonds is 5. The van der Waals surface area contributed by atoms with Crippen molar-refractivity contribution in [2.45, 2.75) is 32.4 Å². The number of morpholine rings is 1. The SMILES string of the molecule is CNCCc1ccccc1CN1CCOCC1(C)C. The monoisotopic (exact) mass is 262 g/mol. The number of ether oxygens (including phenoxy) is 1. The van der Waals surface area contributed by atoms with Crippen LogP contribution in [0.3, 0.4) is 0 Å². The Hall–Kier alpha value is -0.900. The molecule has 0 radical (unpaired) electrons. The molecule has 106 valence electrons. The fraction of sp³-hybridized carbons (Fsp3) is 0.625. The number of nitrogens with zero attached hydrogens (tertiary/aromatic N) is 1. The zero-order valence-corrected chi connectivity index (χ0v) is 12.4. The van der Waals surface area contributed by atoms with E-state index in [0.29, 0.717) is 0 Å². The Kier molecular flexibility index (Phi) is 4.97. The molecule has 0 spiro atoms. The Balaban J connectivity index is 2.09. The molecule has 0 atom stereocenters. The summed E-state index contributed by atoms with van der Waals surface area (Å²) in [4.78, 5) is 2.54. The van der Waals surface area contributed by atoms with Gasteiger partial charge in [-0.3, -0.25) is 4.90 Å². The lowest BCUT2D eigenvalue weighted by Crippen LogP contribution is -2.52. The molecule has 2 rings (SSSR count). The Bertz CT molecular complexity index is 403. The van der Waals surface area contributed by atoms with Gasteiger partial charge in [-0.1, -0.05) is 24.3 Å². The smallest absolute Gasteiger partial charge is 0.0645 e. The van der Waals surface area contributed by atoms with Crippen LogP contribution in [-0.2, 0) is 17.7 Å². The van der Waals surface area contributed by atoms with Gasteiger partial charge in [-0.05, 0) is 45.0 Å². The highest BCUT2D eigenvalue weighted by Crippen LogP contribution is 2.23. The quantitative estimate of drug-likeness (QED) is 0.879. The average molecular weight is 262 g/mol. The number of hydrogen-bond donors (Lipinski definition) is 1. The molecule has 0 amide bonds. The van der Waals surface area contributed by atoms with Gasteiger partial charge in [-0.15, -0.1) is 0 Å². The first-order valence-electron chi connectivity index (χ1n) is 7.17. The highest BCUT2D eigenvalue weighted by Gasteiger charge is 2.30. The van der Waals surface area contributed by atoms with Crippen molar-refractivity contribution in [2.75, 3.05) is 33.4 Å². The van der Waals surface area contributed by atoms with Gasteiger partial charge in [0.1, 0.15) is 0 Å². The molecule has 0 bridgehead atoms. The standard InChI is InChI=1S/C16H26N2O/c1-16(2)13-19-11-10-18(16)12-15-7-5-4-6-14(15)8-9-17-3/h4-7,17H,8-13H2,1-3H3. The maximum absolute atomic E-state index is 5.60. The van der Waals surface area contributed by atoms with Crippen molar-refractivity contribution in [3.63, 3.8) is 0 Å². The minimum Gasteiger partial charge on any atom is -0.378 e. The van der Waals surface area contributed by atoms with E-state index in [1.165, 1.54) is 11.1 Å². The summed E-state index contributed by atoms with van der Waals surface area (Å²) in [6.07, 6.45) is 1.09. The fourth-order valence-electron chi connectivity index (χ4n) is 2.60. The van der Waals surface area contributed by atoms with Crippen LogP contribution in [0.5, 0.6) is 0 Å². The second-order valence-electron chi connectivity index (χ2n) is 5.91. The molecule has 1 aliphatic heterocycles. The summed E-state index contributed by atoms with van der Waals surface area (Å²) in [5, 5.41) is 3.23. The van der Waals surface area contributed by atoms with Gasteiger partial charge in [-0.25, -0.2) is 0 Å². The van der Waals surface area contributed by atoms with Crippen LogP contribution in [0, 0.1) is 0 Å². The number of hydrogen-bond acceptors (Lipinski definition) is 3. The van der Waals surface area contributed by atoms with Crippen molar-refractivity contribution in [3.05, 3.63) is 35.4 Å². The largest absolute Gasteiger partial charge is 0.378 e. The third-order valence-electron chi connectivity index (χ3n) is 3.94. The van der Waals surface area contributed by atoms with Crippen molar-refractivity contribution in [3.8, 4) is 0 Å². The van der Waals surface area contributed by atoms with E-state index in [9.17, 15) is 0 Å². The number of likely N-dealkylation sites (N-methyl/N-ethyl adjacent to an activating group) is 1. The summed E-state index contributed by atoms with van der Waals surface area (Å²) in [5.74, 6) is 0. The Morgan fingerprint density at radius 3 is 2.68 bits per heavy atom. The Morgan fingerprint density at radius 2 is 2.00 bits per heavy atom. The summed E-state index contributed by atoms with van der Waals surface area (Å²) in [6.45, 7) is 9.28. The fourth-order valence-corrected chi connectivity index (χ4v) is 2.60. The predicted molar refractivity (Wildman–Crippen MR) is 79.4 cm³/mol. The van der Waals surface area contributed by atoms with Crippen LogP contribution >= 0.6 is 0 Å². The first-order valence-corrected chi connectivity index (χ1v) is 7.17. The van der Waals surface area contributed by atoms with Gasteiger partial charge in [0.2, 0.25) is 0 Å². The molecule has 3 nitrogen and oxygen atoms in total. The molecule has 1 N–H and O–H groups in total. The van der Waals surface area contributed by atoms with Gasteiger partial charge in [0, 0.05) is 18.6 Å². The molecular weight excluding hydrogens is 236 g/mol. The third-order valence-corrected chi connectivity index (χ3v) is 3.94. The zero-order valence-electron chi connectivity index (χ0n) is 12.4. The molecule has 3 heteroatoms. The van der Waals surface area contributed by atoms with E-state index in [-0.39, 0.29) is 5.54 Å². The summed E-state index contributed by atoms with van der Waals surface area (Å²) < 4.78 is 5.60. The maximum Gasteiger partial charge on any atom is 0.0645 e. The van der Waals surface area contributed by atoms with Crippen LogP contribution in [0.4, 0.5) is 0 Å². The molecule has 1 aliphatic rings. The average Bonchev–Trinajstić information content (AvgIpc) is 2.40. The highest BCUT2D eigenvalue weighted by atomic mass is 16.5. The summed E-state index contributed by atoms with van der Waals surface area (Å²) in [7, 11) is 2.01. The van der Waals surface area contributed by atoms with Crippen molar-refractivity contribution >= 4 is 0 Å². The van der Waals surface area contributed by atoms with Crippen molar-refractivity contribution in [1.82, 2.24) is 10.2 Å². The van der Waals surface area contributed by atoms with Crippen molar-refractivity contribution in [1.29, 1.82) is 0 Å². The molecule has 0 unspecified atom stereocenters. The molecule has 19 heavy (non-hydrogen) atoms. The second-order valence-corrected chi connectivity index (χ2v) is 5.91. The van der Waals surface area contributed by atoms with E-state index in [1.807, 2.05) is 7.05 Å². The van der Waals surface area contributed by atoms with Gasteiger partial charge in [0.15, 0.2) is 0 Å². The van der Waals surface area contributed by atoms with Gasteiger partial charge < -0.3 is 10.1 Å². The minimum absolute atomic E-state index is 0.133. The molecule has 0 saturated carbocycles. The van der Waals surface area contributed by atoms with Crippen LogP contribution in [0.15, 0.2) is 24.3 Å². The Morgan fingerprint density at radius 1 is 1.26 bits per heavy atom. The maximum atomic E-state index is 5.60. The predicted octanol–water partition coefficient (Wildman–Crippen LogP) is 2.06. The molecule has 1 heterocycles. The normalized spacial score (nSPS) is 19.5. The molecule has 0 aromatic heterocycles. The summed E-state index contributed by atoms with van der Waals surface area (Å²) in [6, 6.07) is 8.79. The van der Waals surface area contributed by atoms with Crippen LogP contribution in [0.1, 0.15) is 25.0 Å². The van der Waals surface area contributed by atoms with E-state index >= 15 is 0 Å². The minimum atomic E-state index is 0.133. The van der Waals surface area contributed by atoms with Gasteiger partial charge >= 0.3 is 0 Å². The van der Waals surface area contributed by atoms with E-state index in [0.717, 1.165) is 39.3 Å². The van der Waals surface area contributed by atoms with E-state index in [2.05, 4.69) is 48.3 Å². The summed E-state index contributed by atoms with van der Waals surface area (Å²) >= 11 is 0. The molecule has 1 saturated heterocycles. The third kappa shape index (κ3) is 3.78. The lowest BCUT2D eigenvalue weighted by molar-refractivity contribution is -0.0553. The molecule has 1 aromatic rings. The molecule has 0 aliphatic carbocycles. The summed E-state index contributed by atoms with van der Waals surface area (Å²) in [5.41, 5.74) is 3.04. The first kappa shape index (κ1) is 14.5. The highest BCUT2D eigenvalue weighted by molar-refractivity contribution is 5.27. The first-order chi connectivity index (χ1) is 9.13. The number of nitrogens with one attached hydrogen (secondary N) is 1. The molecular formula is C16H26N2O. The lowest BCUT2D eigenvalue weighted by Gasteiger charge is -2.42. The number of benzene rings is 1. The zero-order chi connectivity index (χ0) is 13.7. The second kappa shape index (κ2) is 6.51. The molecule has 1 aromatic carbocycles. The van der Waals surface area contributed by atoms with Crippen LogP contribution < -0.4 is 5.32 Å². The van der Waals surface area contributed by atoms with Crippen molar-refractivity contribution in [2.24, 2.45) is 0 Å². The van der Waals surface area contributed by atoms with Crippen molar-refractivity contribution < 1.29 is 4.74 Å². The van der Waals surface area contributed by atoms with Crippen LogP contribution in [0.2, 0.25) is 0 Å². The van der Waals surface area contributed by atoms with Gasteiger partial charge in [0.05, 0.1) is 13.2 Å².